The average Bonchev–Trinajstić information content (AvgIpc) is 1.32. The Bertz CT molecular complexity index is 7700. The zero-order chi connectivity index (χ0) is 104. The predicted molar refractivity (Wildman–Crippen MR) is 528 cm³/mol. The molecule has 4 saturated heterocycles. The Kier molecular flexibility index (Phi) is 27.3. The van der Waals surface area contributed by atoms with Crippen LogP contribution in [0.2, 0.25) is 0 Å². The largest absolute Gasteiger partial charge is 0.434 e. The number of aromatic nitrogens is 30. The van der Waals surface area contributed by atoms with Gasteiger partial charge in [0, 0.05) is 183 Å². The minimum Gasteiger partial charge on any atom is -0.396 e. The van der Waals surface area contributed by atoms with Gasteiger partial charge in [-0.05, 0) is 115 Å². The summed E-state index contributed by atoms with van der Waals surface area (Å²) >= 11 is 0. The van der Waals surface area contributed by atoms with Crippen molar-refractivity contribution in [3.63, 3.8) is 0 Å². The summed E-state index contributed by atoms with van der Waals surface area (Å²) in [6.07, 6.45) is 25.9. The number of nitrogens with two attached hydrogens (primary N) is 2. The van der Waals surface area contributed by atoms with Crippen molar-refractivity contribution in [2.24, 2.45) is 17.4 Å². The van der Waals surface area contributed by atoms with E-state index in [1.54, 1.807) is 89.0 Å². The molecule has 0 saturated carbocycles. The van der Waals surface area contributed by atoms with Gasteiger partial charge in [-0.3, -0.25) is 46.9 Å². The fraction of sp³-hybridized carbons (Fsp3) is 0.276. The van der Waals surface area contributed by atoms with Crippen molar-refractivity contribution in [2.45, 2.75) is 127 Å². The number of alkyl halides is 9. The van der Waals surface area contributed by atoms with Crippen LogP contribution in [0.25, 0.3) is 108 Å². The normalized spacial score (nSPS) is 18.9. The lowest BCUT2D eigenvalue weighted by molar-refractivity contribution is -0.142. The number of fused-ring (bicyclic) bond motifs is 6. The van der Waals surface area contributed by atoms with Gasteiger partial charge in [-0.1, -0.05) is 24.3 Å². The lowest BCUT2D eigenvalue weighted by Crippen LogP contribution is -2.56. The number of aliphatic hydroxyl groups excluding tert-OH is 1. The topological polar surface area (TPSA) is 511 Å². The number of carbonyl (C=O) groups excluding carboxylic acids is 2. The number of imidazole rings is 5. The van der Waals surface area contributed by atoms with Crippen molar-refractivity contribution in [2.75, 3.05) is 58.9 Å². The van der Waals surface area contributed by atoms with Crippen molar-refractivity contribution < 1.29 is 54.2 Å². The van der Waals surface area contributed by atoms with Crippen LogP contribution in [0.1, 0.15) is 127 Å². The van der Waals surface area contributed by atoms with Crippen molar-refractivity contribution in [1.82, 2.24) is 163 Å². The first-order valence-electron chi connectivity index (χ1n) is 47.2. The second kappa shape index (κ2) is 41.1. The SMILES string of the molecule is CC1CN(c2ccnc(-c3cnc4cnc(C(F)(F)F)cn34)n2)C(C)C(c2cn[nH]c2)N1.CC1CN(c2ccnc(-c3cnc4cnc(C(F)(F)F)cn34)n2)C(C)C(c2cn[nH]c2)N1.C[C@H]1CN(c2ccnc(-c3cnc4cnc(C(F)(F)F)cn34)n2)[C@@H](C)[C@@H](c2cn[nH]c2)N1.NC(=O)c1cn2c(-c3cccc(-c4cccc5[nH]ccc45)n3)cnc2cn1.NC(=O)c1cn2c(-c3cccc(N4CCC(CO)CC4)n3)cnc2cn1. The van der Waals surface area contributed by atoms with E-state index in [1.807, 2.05) is 85.5 Å². The number of halogens is 9. The first-order valence-corrected chi connectivity index (χ1v) is 47.2. The van der Waals surface area contributed by atoms with Crippen LogP contribution in [0, 0.1) is 5.92 Å². The summed E-state index contributed by atoms with van der Waals surface area (Å²) in [5.74, 6) is 3.02. The zero-order valence-corrected chi connectivity index (χ0v) is 80.1. The van der Waals surface area contributed by atoms with E-state index >= 15 is 0 Å². The number of piperazine rings is 3. The third kappa shape index (κ3) is 20.8. The van der Waals surface area contributed by atoms with E-state index in [2.05, 4.69) is 192 Å². The van der Waals surface area contributed by atoms with Gasteiger partial charge in [-0.15, -0.1) is 0 Å². The molecule has 4 aliphatic rings. The van der Waals surface area contributed by atoms with Gasteiger partial charge < -0.3 is 57.1 Å². The molecule has 9 atom stereocenters. The van der Waals surface area contributed by atoms with Gasteiger partial charge in [-0.25, -0.2) is 89.7 Å². The molecule has 0 aliphatic carbocycles. The second-order valence-electron chi connectivity index (χ2n) is 36.2. The Morgan fingerprint density at radius 3 is 1.11 bits per heavy atom. The summed E-state index contributed by atoms with van der Waals surface area (Å²) in [7, 11) is 0. The molecule has 51 heteroatoms. The molecule has 20 aromatic rings. The van der Waals surface area contributed by atoms with Gasteiger partial charge in [0.1, 0.15) is 51.7 Å². The molecule has 0 spiro atoms. The van der Waals surface area contributed by atoms with E-state index in [-0.39, 0.29) is 107 Å². The Morgan fingerprint density at radius 1 is 0.383 bits per heavy atom. The fourth-order valence-corrected chi connectivity index (χ4v) is 18.8. The first-order chi connectivity index (χ1) is 71.8. The number of benzene rings is 1. The zero-order valence-electron chi connectivity index (χ0n) is 80.1. The molecule has 762 valence electrons. The van der Waals surface area contributed by atoms with Crippen LogP contribution >= 0.6 is 0 Å². The standard InChI is InChI=1S/3C20H20F3N9.C20H14N6O.C18H20N6O2/c3*1-11-9-31(12(2)18(29-11)13-5-27-28-6-13)16-3-4-24-19(30-16)14-7-26-17-8-25-15(10-32(14)17)20(21,22)23;21-20(27)17-11-26-18(9-24-19(26)10-23-17)16-6-2-5-15(25-16)12-3-1-4-14-13(12)7-8-22-14;19-18(26)14-10-24-15(8-21-17(24)9-20-14)13-2-1-3-16(22-13)23-6-4-12(11-25)5-7-23/h3*3-8,10-12,18,29H,9H2,1-2H3,(H,27,28);1-11,22H,(H2,21,27);1-3,8-10,12,25H,4-7,11H2,(H2,19,26)/t11-,12-,18-;;;;/m0..../s1. The summed E-state index contributed by atoms with van der Waals surface area (Å²) in [6, 6.07) is 26.0. The maximum absolute atomic E-state index is 13.1. The Balaban J connectivity index is 0.000000113. The lowest BCUT2D eigenvalue weighted by atomic mass is 9.97. The molecule has 1 aromatic carbocycles. The highest BCUT2D eigenvalue weighted by molar-refractivity contribution is 5.95. The van der Waals surface area contributed by atoms with Crippen LogP contribution in [0.15, 0.2) is 234 Å². The van der Waals surface area contributed by atoms with Crippen molar-refractivity contribution in [3.8, 4) is 68.6 Å². The van der Waals surface area contributed by atoms with Crippen LogP contribution in [0.3, 0.4) is 0 Å². The van der Waals surface area contributed by atoms with Gasteiger partial charge in [0.05, 0.1) is 127 Å². The van der Waals surface area contributed by atoms with Crippen LogP contribution in [-0.2, 0) is 18.5 Å². The third-order valence-electron chi connectivity index (χ3n) is 26.3. The second-order valence-corrected chi connectivity index (χ2v) is 36.2. The van der Waals surface area contributed by atoms with Crippen molar-refractivity contribution in [1.29, 1.82) is 0 Å². The lowest BCUT2D eigenvalue weighted by Gasteiger charge is -2.43. The number of rotatable bonds is 16. The van der Waals surface area contributed by atoms with Gasteiger partial charge in [0.25, 0.3) is 11.8 Å². The number of hydrogen-bond donors (Lipinski definition) is 10. The third-order valence-corrected chi connectivity index (χ3v) is 26.3. The van der Waals surface area contributed by atoms with Crippen molar-refractivity contribution >= 4 is 74.2 Å². The Labute approximate surface area is 838 Å². The molecular formula is C98H94F9N39O3. The van der Waals surface area contributed by atoms with E-state index in [9.17, 15) is 54.2 Å². The highest BCUT2D eigenvalue weighted by Gasteiger charge is 2.41. The molecule has 24 rings (SSSR count). The van der Waals surface area contributed by atoms with E-state index in [4.69, 9.17) is 21.4 Å². The number of nitrogens with one attached hydrogen (secondary N) is 7. The highest BCUT2D eigenvalue weighted by atomic mass is 19.4. The molecule has 12 N–H and O–H groups in total. The number of nitrogens with zero attached hydrogens (tertiary/aromatic N) is 30. The molecule has 42 nitrogen and oxygen atoms in total. The minimum atomic E-state index is -4.56. The van der Waals surface area contributed by atoms with Crippen molar-refractivity contribution in [3.05, 3.63) is 279 Å². The summed E-state index contributed by atoms with van der Waals surface area (Å²) in [5, 5.41) is 41.9. The van der Waals surface area contributed by atoms with E-state index in [0.29, 0.717) is 71.4 Å². The molecule has 19 aromatic heterocycles. The quantitative estimate of drug-likeness (QED) is 0.0402. The molecule has 2 amide bonds. The summed E-state index contributed by atoms with van der Waals surface area (Å²) < 4.78 is 126. The molecule has 4 fully saturated rings. The van der Waals surface area contributed by atoms with Gasteiger partial charge in [0.2, 0.25) is 0 Å². The van der Waals surface area contributed by atoms with Gasteiger partial charge in [0.15, 0.2) is 62.8 Å². The smallest absolute Gasteiger partial charge is 0.396 e. The first kappa shape index (κ1) is 98.8. The molecule has 6 unspecified atom stereocenters. The minimum absolute atomic E-state index is 0.0344. The summed E-state index contributed by atoms with van der Waals surface area (Å²) in [5.41, 5.74) is 20.3. The van der Waals surface area contributed by atoms with E-state index in [1.165, 1.54) is 44.2 Å². The number of carbonyl (C=O) groups is 2. The number of primary amides is 2. The van der Waals surface area contributed by atoms with Crippen LogP contribution < -0.4 is 47.0 Å². The number of piperidine rings is 1. The molecule has 0 radical (unpaired) electrons. The Hall–Kier alpha value is -17.6. The van der Waals surface area contributed by atoms with E-state index in [0.717, 1.165) is 131 Å². The maximum Gasteiger partial charge on any atom is 0.434 e. The predicted octanol–water partition coefficient (Wildman–Crippen LogP) is 12.7. The molecule has 0 bridgehead atoms. The average molecular weight is 2040 g/mol. The maximum atomic E-state index is 13.1. The summed E-state index contributed by atoms with van der Waals surface area (Å²) in [6.45, 7) is 16.7. The van der Waals surface area contributed by atoms with E-state index < -0.39 is 47.4 Å². The number of H-pyrrole nitrogens is 4. The molecule has 149 heavy (non-hydrogen) atoms. The number of anilines is 4. The fourth-order valence-electron chi connectivity index (χ4n) is 18.8. The summed E-state index contributed by atoms with van der Waals surface area (Å²) in [4.78, 5) is 111. The number of hydrogen-bond acceptors (Lipinski definition) is 31. The highest BCUT2D eigenvalue weighted by Crippen LogP contribution is 2.39. The number of pyridine rings is 2. The van der Waals surface area contributed by atoms with Gasteiger partial charge >= 0.3 is 18.5 Å². The number of aromatic amines is 4. The molecule has 4 aliphatic heterocycles. The van der Waals surface area contributed by atoms with Crippen LogP contribution in [0.5, 0.6) is 0 Å². The molecular weight excluding hydrogens is 1940 g/mol. The Morgan fingerprint density at radius 2 is 0.738 bits per heavy atom. The van der Waals surface area contributed by atoms with Crippen LogP contribution in [0.4, 0.5) is 62.8 Å². The number of amides is 2. The van der Waals surface area contributed by atoms with Gasteiger partial charge in [-0.2, -0.15) is 54.8 Å². The number of aliphatic hydroxyl groups is 1. The van der Waals surface area contributed by atoms with Crippen LogP contribution in [-0.4, -0.2) is 240 Å². The monoisotopic (exact) mass is 2040 g/mol. The molecule has 23 heterocycles.